The number of fused-ring (bicyclic) bond motifs is 1. The van der Waals surface area contributed by atoms with E-state index in [9.17, 15) is 9.90 Å². The maximum atomic E-state index is 11.2. The van der Waals surface area contributed by atoms with Crippen LogP contribution in [0.15, 0.2) is 24.3 Å². The van der Waals surface area contributed by atoms with Gasteiger partial charge in [0.1, 0.15) is 5.82 Å². The van der Waals surface area contributed by atoms with Crippen molar-refractivity contribution in [2.24, 2.45) is 5.73 Å². The molecule has 1 aromatic heterocycles. The van der Waals surface area contributed by atoms with Crippen LogP contribution in [-0.2, 0) is 17.8 Å². The molecule has 1 heterocycles. The first-order valence-corrected chi connectivity index (χ1v) is 6.94. The first kappa shape index (κ1) is 14.5. The standard InChI is InChI=1S/C15H21N3O2/c1-3-15(20,4-2)10-18-12-8-6-5-7-11(12)17-14(18)9-13(16)19/h5-8,20H,3-4,9-10H2,1-2H3,(H2,16,19). The third kappa shape index (κ3) is 2.82. The largest absolute Gasteiger partial charge is 0.388 e. The SMILES string of the molecule is CCC(O)(CC)Cn1c(CC(N)=O)nc2ccccc21. The van der Waals surface area contributed by atoms with Gasteiger partial charge < -0.3 is 15.4 Å². The van der Waals surface area contributed by atoms with Crippen molar-refractivity contribution in [1.29, 1.82) is 0 Å². The highest BCUT2D eigenvalue weighted by Crippen LogP contribution is 2.23. The third-order valence-electron chi connectivity index (χ3n) is 3.83. The van der Waals surface area contributed by atoms with Crippen molar-refractivity contribution < 1.29 is 9.90 Å². The fourth-order valence-corrected chi connectivity index (χ4v) is 2.36. The van der Waals surface area contributed by atoms with E-state index in [1.165, 1.54) is 0 Å². The fraction of sp³-hybridized carbons (Fsp3) is 0.467. The summed E-state index contributed by atoms with van der Waals surface area (Å²) >= 11 is 0. The van der Waals surface area contributed by atoms with Gasteiger partial charge >= 0.3 is 0 Å². The Morgan fingerprint density at radius 3 is 2.60 bits per heavy atom. The van der Waals surface area contributed by atoms with Crippen LogP contribution < -0.4 is 5.73 Å². The molecule has 3 N–H and O–H groups in total. The van der Waals surface area contributed by atoms with Gasteiger partial charge in [-0.05, 0) is 25.0 Å². The van der Waals surface area contributed by atoms with Crippen LogP contribution in [0.3, 0.4) is 0 Å². The molecule has 0 radical (unpaired) electrons. The molecule has 1 amide bonds. The molecule has 108 valence electrons. The lowest BCUT2D eigenvalue weighted by atomic mass is 9.97. The number of hydrogen-bond acceptors (Lipinski definition) is 3. The molecule has 0 aliphatic heterocycles. The lowest BCUT2D eigenvalue weighted by Crippen LogP contribution is -2.33. The van der Waals surface area contributed by atoms with Gasteiger partial charge in [0.15, 0.2) is 0 Å². The predicted molar refractivity (Wildman–Crippen MR) is 78.2 cm³/mol. The van der Waals surface area contributed by atoms with Crippen LogP contribution in [0.25, 0.3) is 11.0 Å². The number of imidazole rings is 1. The first-order chi connectivity index (χ1) is 9.49. The van der Waals surface area contributed by atoms with Gasteiger partial charge in [-0.1, -0.05) is 26.0 Å². The van der Waals surface area contributed by atoms with E-state index in [2.05, 4.69) is 4.98 Å². The van der Waals surface area contributed by atoms with Crippen LogP contribution in [0.1, 0.15) is 32.5 Å². The summed E-state index contributed by atoms with van der Waals surface area (Å²) in [6, 6.07) is 7.66. The molecule has 0 aliphatic rings. The Morgan fingerprint density at radius 2 is 2.00 bits per heavy atom. The molecule has 0 fully saturated rings. The molecule has 2 rings (SSSR count). The van der Waals surface area contributed by atoms with Crippen LogP contribution in [0.2, 0.25) is 0 Å². The van der Waals surface area contributed by atoms with Crippen molar-refractivity contribution >= 4 is 16.9 Å². The van der Waals surface area contributed by atoms with Crippen LogP contribution >= 0.6 is 0 Å². The minimum atomic E-state index is -0.796. The van der Waals surface area contributed by atoms with E-state index >= 15 is 0 Å². The minimum Gasteiger partial charge on any atom is -0.388 e. The molecule has 0 saturated carbocycles. The highest BCUT2D eigenvalue weighted by Gasteiger charge is 2.25. The number of hydrogen-bond donors (Lipinski definition) is 2. The van der Waals surface area contributed by atoms with Crippen molar-refractivity contribution in [1.82, 2.24) is 9.55 Å². The Bertz CT molecular complexity index is 615. The van der Waals surface area contributed by atoms with E-state index in [1.54, 1.807) is 0 Å². The fourth-order valence-electron chi connectivity index (χ4n) is 2.36. The number of carbonyl (C=O) groups is 1. The normalized spacial score (nSPS) is 11.9. The van der Waals surface area contributed by atoms with Crippen molar-refractivity contribution in [3.05, 3.63) is 30.1 Å². The third-order valence-corrected chi connectivity index (χ3v) is 3.83. The lowest BCUT2D eigenvalue weighted by Gasteiger charge is -2.26. The van der Waals surface area contributed by atoms with Gasteiger partial charge in [0.25, 0.3) is 0 Å². The molecule has 0 spiro atoms. The summed E-state index contributed by atoms with van der Waals surface area (Å²) in [6.07, 6.45) is 1.37. The zero-order valence-electron chi connectivity index (χ0n) is 12.0. The number of para-hydroxylation sites is 2. The van der Waals surface area contributed by atoms with Gasteiger partial charge in [-0.15, -0.1) is 0 Å². The van der Waals surface area contributed by atoms with Crippen molar-refractivity contribution in [3.8, 4) is 0 Å². The van der Waals surface area contributed by atoms with E-state index in [1.807, 2.05) is 42.7 Å². The second-order valence-corrected chi connectivity index (χ2v) is 5.18. The predicted octanol–water partition coefficient (Wildman–Crippen LogP) is 1.62. The highest BCUT2D eigenvalue weighted by atomic mass is 16.3. The quantitative estimate of drug-likeness (QED) is 0.840. The number of aliphatic hydroxyl groups is 1. The van der Waals surface area contributed by atoms with Crippen molar-refractivity contribution in [2.45, 2.75) is 45.3 Å². The van der Waals surface area contributed by atoms with Crippen molar-refractivity contribution in [3.63, 3.8) is 0 Å². The Kier molecular flexibility index (Phi) is 4.09. The smallest absolute Gasteiger partial charge is 0.225 e. The Labute approximate surface area is 118 Å². The number of benzene rings is 1. The number of nitrogens with two attached hydrogens (primary N) is 1. The van der Waals surface area contributed by atoms with Gasteiger partial charge in [-0.25, -0.2) is 4.98 Å². The van der Waals surface area contributed by atoms with Crippen LogP contribution in [-0.4, -0.2) is 26.2 Å². The Balaban J connectivity index is 2.50. The maximum Gasteiger partial charge on any atom is 0.225 e. The topological polar surface area (TPSA) is 81.1 Å². The molecule has 0 atom stereocenters. The molecule has 2 aromatic rings. The van der Waals surface area contributed by atoms with E-state index < -0.39 is 11.5 Å². The average Bonchev–Trinajstić information content (AvgIpc) is 2.76. The van der Waals surface area contributed by atoms with E-state index in [0.717, 1.165) is 11.0 Å². The number of primary amides is 1. The summed E-state index contributed by atoms with van der Waals surface area (Å²) in [6.45, 7) is 4.33. The summed E-state index contributed by atoms with van der Waals surface area (Å²) in [5, 5.41) is 10.6. The van der Waals surface area contributed by atoms with E-state index in [4.69, 9.17) is 5.73 Å². The average molecular weight is 275 g/mol. The molecule has 5 nitrogen and oxygen atoms in total. The summed E-state index contributed by atoms with van der Waals surface area (Å²) in [5.74, 6) is 0.192. The molecular formula is C15H21N3O2. The maximum absolute atomic E-state index is 11.2. The van der Waals surface area contributed by atoms with Crippen LogP contribution in [0, 0.1) is 0 Å². The molecule has 0 aliphatic carbocycles. The van der Waals surface area contributed by atoms with E-state index in [-0.39, 0.29) is 6.42 Å². The first-order valence-electron chi connectivity index (χ1n) is 6.94. The molecule has 1 aromatic carbocycles. The highest BCUT2D eigenvalue weighted by molar-refractivity contribution is 5.80. The molecule has 0 saturated heterocycles. The number of carbonyl (C=O) groups excluding carboxylic acids is 1. The van der Waals surface area contributed by atoms with Crippen LogP contribution in [0.5, 0.6) is 0 Å². The zero-order valence-corrected chi connectivity index (χ0v) is 12.0. The van der Waals surface area contributed by atoms with Crippen molar-refractivity contribution in [2.75, 3.05) is 0 Å². The Morgan fingerprint density at radius 1 is 1.35 bits per heavy atom. The summed E-state index contributed by atoms with van der Waals surface area (Å²) in [7, 11) is 0. The minimum absolute atomic E-state index is 0.0815. The van der Waals surface area contributed by atoms with Gasteiger partial charge in [0.05, 0.1) is 29.6 Å². The second-order valence-electron chi connectivity index (χ2n) is 5.18. The monoisotopic (exact) mass is 275 g/mol. The van der Waals surface area contributed by atoms with Gasteiger partial charge in [-0.2, -0.15) is 0 Å². The summed E-state index contributed by atoms with van der Waals surface area (Å²) in [5.41, 5.74) is 6.23. The molecular weight excluding hydrogens is 254 g/mol. The van der Waals surface area contributed by atoms with E-state index in [0.29, 0.717) is 25.2 Å². The zero-order chi connectivity index (χ0) is 14.8. The number of amides is 1. The molecule has 20 heavy (non-hydrogen) atoms. The molecule has 0 bridgehead atoms. The summed E-state index contributed by atoms with van der Waals surface area (Å²) in [4.78, 5) is 15.7. The van der Waals surface area contributed by atoms with Gasteiger partial charge in [0, 0.05) is 0 Å². The van der Waals surface area contributed by atoms with Crippen LogP contribution in [0.4, 0.5) is 0 Å². The lowest BCUT2D eigenvalue weighted by molar-refractivity contribution is -0.117. The molecule has 0 unspecified atom stereocenters. The number of nitrogens with zero attached hydrogens (tertiary/aromatic N) is 2. The van der Waals surface area contributed by atoms with Gasteiger partial charge in [0.2, 0.25) is 5.91 Å². The van der Waals surface area contributed by atoms with Gasteiger partial charge in [-0.3, -0.25) is 4.79 Å². The number of aromatic nitrogens is 2. The summed E-state index contributed by atoms with van der Waals surface area (Å²) < 4.78 is 1.91. The Hall–Kier alpha value is -1.88. The number of rotatable bonds is 6. The molecule has 5 heteroatoms. The second kappa shape index (κ2) is 5.63.